The molecule has 1 aliphatic rings. The lowest BCUT2D eigenvalue weighted by atomic mass is 9.92. The minimum Gasteiger partial charge on any atom is -0.464 e. The van der Waals surface area contributed by atoms with Gasteiger partial charge in [0.05, 0.1) is 5.56 Å². The van der Waals surface area contributed by atoms with Gasteiger partial charge in [-0.3, -0.25) is 4.79 Å². The van der Waals surface area contributed by atoms with Crippen molar-refractivity contribution in [3.8, 4) is 5.75 Å². The first-order valence-corrected chi connectivity index (χ1v) is 4.98. The van der Waals surface area contributed by atoms with E-state index in [1.54, 1.807) is 17.6 Å². The van der Waals surface area contributed by atoms with Gasteiger partial charge in [0.1, 0.15) is 5.75 Å². The SMILES string of the molecule is CC1(ONC(=O)O)C(=O)Oc2ccccc2C1=O. The average Bonchev–Trinajstić information content (AvgIpc) is 2.34. The highest BCUT2D eigenvalue weighted by molar-refractivity contribution is 6.19. The van der Waals surface area contributed by atoms with Crippen LogP contribution in [0, 0.1) is 0 Å². The Labute approximate surface area is 101 Å². The lowest BCUT2D eigenvalue weighted by Gasteiger charge is -2.29. The molecule has 2 N–H and O–H groups in total. The molecule has 0 saturated heterocycles. The van der Waals surface area contributed by atoms with Gasteiger partial charge in [-0.1, -0.05) is 12.1 Å². The molecule has 1 heterocycles. The zero-order valence-electron chi connectivity index (χ0n) is 9.30. The normalized spacial score (nSPS) is 22.1. The van der Waals surface area contributed by atoms with E-state index in [9.17, 15) is 14.4 Å². The number of fused-ring (bicyclic) bond motifs is 1. The van der Waals surface area contributed by atoms with Crippen molar-refractivity contribution in [3.63, 3.8) is 0 Å². The molecule has 1 atom stereocenters. The Morgan fingerprint density at radius 2 is 2.06 bits per heavy atom. The smallest absolute Gasteiger partial charge is 0.428 e. The number of rotatable bonds is 2. The number of para-hydroxylation sites is 1. The van der Waals surface area contributed by atoms with Crippen molar-refractivity contribution >= 4 is 17.8 Å². The highest BCUT2D eigenvalue weighted by Gasteiger charge is 2.50. The fraction of sp³-hybridized carbons (Fsp3) is 0.182. The summed E-state index contributed by atoms with van der Waals surface area (Å²) in [5, 5.41) is 8.43. The van der Waals surface area contributed by atoms with Crippen molar-refractivity contribution in [1.29, 1.82) is 0 Å². The molecule has 0 bridgehead atoms. The molecule has 0 fully saturated rings. The number of ether oxygens (including phenoxy) is 1. The minimum atomic E-state index is -2.02. The number of carbonyl (C=O) groups is 3. The maximum Gasteiger partial charge on any atom is 0.428 e. The topological polar surface area (TPSA) is 102 Å². The molecular weight excluding hydrogens is 242 g/mol. The molecule has 18 heavy (non-hydrogen) atoms. The summed E-state index contributed by atoms with van der Waals surface area (Å²) in [6.07, 6.45) is -1.52. The van der Waals surface area contributed by atoms with E-state index in [4.69, 9.17) is 9.84 Å². The molecule has 0 aliphatic carbocycles. The number of Topliss-reactive ketones (excluding diaryl/α,β-unsaturated/α-hetero) is 1. The van der Waals surface area contributed by atoms with E-state index in [1.807, 2.05) is 0 Å². The van der Waals surface area contributed by atoms with Gasteiger partial charge in [-0.05, 0) is 19.1 Å². The van der Waals surface area contributed by atoms with Crippen LogP contribution in [0.4, 0.5) is 4.79 Å². The summed E-state index contributed by atoms with van der Waals surface area (Å²) in [6.45, 7) is 1.14. The molecule has 7 heteroatoms. The van der Waals surface area contributed by atoms with E-state index in [0.29, 0.717) is 0 Å². The van der Waals surface area contributed by atoms with Crippen LogP contribution in [0.3, 0.4) is 0 Å². The summed E-state index contributed by atoms with van der Waals surface area (Å²) in [4.78, 5) is 38.8. The number of ketones is 1. The van der Waals surface area contributed by atoms with E-state index in [2.05, 4.69) is 4.84 Å². The molecule has 1 aliphatic heterocycles. The number of carboxylic acid groups (broad SMARTS) is 1. The van der Waals surface area contributed by atoms with Gasteiger partial charge < -0.3 is 9.84 Å². The predicted molar refractivity (Wildman–Crippen MR) is 57.1 cm³/mol. The van der Waals surface area contributed by atoms with Gasteiger partial charge in [0, 0.05) is 0 Å². The Balaban J connectivity index is 2.37. The molecule has 0 saturated carbocycles. The second-order valence-corrected chi connectivity index (χ2v) is 3.76. The second-order valence-electron chi connectivity index (χ2n) is 3.76. The summed E-state index contributed by atoms with van der Waals surface area (Å²) < 4.78 is 4.93. The van der Waals surface area contributed by atoms with Crippen molar-refractivity contribution in [1.82, 2.24) is 5.48 Å². The molecule has 1 amide bonds. The first-order valence-electron chi connectivity index (χ1n) is 4.98. The van der Waals surface area contributed by atoms with Crippen LogP contribution >= 0.6 is 0 Å². The van der Waals surface area contributed by atoms with E-state index < -0.39 is 23.4 Å². The van der Waals surface area contributed by atoms with Crippen molar-refractivity contribution in [2.24, 2.45) is 0 Å². The van der Waals surface area contributed by atoms with E-state index in [0.717, 1.165) is 6.92 Å². The molecule has 1 unspecified atom stereocenters. The van der Waals surface area contributed by atoms with E-state index in [-0.39, 0.29) is 11.3 Å². The fourth-order valence-electron chi connectivity index (χ4n) is 1.52. The van der Waals surface area contributed by atoms with Crippen LogP contribution in [0.5, 0.6) is 5.75 Å². The third-order valence-corrected chi connectivity index (χ3v) is 2.50. The van der Waals surface area contributed by atoms with Crippen LogP contribution in [0.2, 0.25) is 0 Å². The number of benzene rings is 1. The molecule has 1 aromatic carbocycles. The minimum absolute atomic E-state index is 0.129. The van der Waals surface area contributed by atoms with Crippen LogP contribution in [-0.4, -0.2) is 28.6 Å². The number of carbonyl (C=O) groups excluding carboxylic acids is 2. The Hall–Kier alpha value is -2.41. The third kappa shape index (κ3) is 1.80. The monoisotopic (exact) mass is 251 g/mol. The van der Waals surface area contributed by atoms with Gasteiger partial charge >= 0.3 is 12.1 Å². The molecule has 7 nitrogen and oxygen atoms in total. The number of esters is 1. The number of hydrogen-bond donors (Lipinski definition) is 2. The predicted octanol–water partition coefficient (Wildman–Crippen LogP) is 0.746. The Bertz CT molecular complexity index is 540. The maximum atomic E-state index is 12.1. The first-order chi connectivity index (χ1) is 8.45. The summed E-state index contributed by atoms with van der Waals surface area (Å²) in [6, 6.07) is 6.14. The van der Waals surface area contributed by atoms with Crippen LogP contribution < -0.4 is 10.2 Å². The first kappa shape index (κ1) is 12.1. The number of amides is 1. The molecule has 94 valence electrons. The van der Waals surface area contributed by atoms with Gasteiger partial charge in [0.25, 0.3) is 5.60 Å². The fourth-order valence-corrected chi connectivity index (χ4v) is 1.52. The maximum absolute atomic E-state index is 12.1. The van der Waals surface area contributed by atoms with Crippen LogP contribution in [0.15, 0.2) is 24.3 Å². The van der Waals surface area contributed by atoms with Gasteiger partial charge in [-0.2, -0.15) is 5.48 Å². The summed E-state index contributed by atoms with van der Waals surface area (Å²) in [7, 11) is 0. The lowest BCUT2D eigenvalue weighted by molar-refractivity contribution is -0.161. The van der Waals surface area contributed by atoms with Gasteiger partial charge in [-0.25, -0.2) is 14.4 Å². The zero-order valence-corrected chi connectivity index (χ0v) is 9.30. The van der Waals surface area contributed by atoms with Crippen molar-refractivity contribution < 1.29 is 29.1 Å². The molecule has 0 spiro atoms. The highest BCUT2D eigenvalue weighted by Crippen LogP contribution is 2.31. The van der Waals surface area contributed by atoms with Crippen LogP contribution in [0.1, 0.15) is 17.3 Å². The highest BCUT2D eigenvalue weighted by atomic mass is 16.7. The van der Waals surface area contributed by atoms with Gasteiger partial charge in [0.15, 0.2) is 0 Å². The standard InChI is InChI=1S/C11H9NO6/c1-11(18-12-10(15)16)8(13)6-4-2-3-5-7(6)17-9(11)14/h2-5,12H,1H3,(H,15,16). The number of nitrogens with one attached hydrogen (secondary N) is 1. The molecule has 0 radical (unpaired) electrons. The number of hydroxylamine groups is 1. The van der Waals surface area contributed by atoms with Gasteiger partial charge in [0.2, 0.25) is 5.78 Å². The zero-order chi connectivity index (χ0) is 13.3. The van der Waals surface area contributed by atoms with E-state index >= 15 is 0 Å². The van der Waals surface area contributed by atoms with E-state index in [1.165, 1.54) is 12.1 Å². The lowest BCUT2D eigenvalue weighted by Crippen LogP contribution is -2.54. The number of hydrogen-bond acceptors (Lipinski definition) is 5. The van der Waals surface area contributed by atoms with Crippen LogP contribution in [-0.2, 0) is 9.63 Å². The molecule has 2 rings (SSSR count). The summed E-state index contributed by atoms with van der Waals surface area (Å²) >= 11 is 0. The van der Waals surface area contributed by atoms with Crippen LogP contribution in [0.25, 0.3) is 0 Å². The summed E-state index contributed by atoms with van der Waals surface area (Å²) in [5.74, 6) is -1.51. The Morgan fingerprint density at radius 3 is 2.72 bits per heavy atom. The average molecular weight is 251 g/mol. The Kier molecular flexibility index (Phi) is 2.76. The summed E-state index contributed by atoms with van der Waals surface area (Å²) in [5.41, 5.74) is -0.320. The largest absolute Gasteiger partial charge is 0.464 e. The molecule has 1 aromatic rings. The second kappa shape index (κ2) is 4.11. The van der Waals surface area contributed by atoms with Gasteiger partial charge in [-0.15, -0.1) is 0 Å². The quantitative estimate of drug-likeness (QED) is 0.348. The van der Waals surface area contributed by atoms with Crippen molar-refractivity contribution in [2.75, 3.05) is 0 Å². The van der Waals surface area contributed by atoms with Crippen molar-refractivity contribution in [3.05, 3.63) is 29.8 Å². The van der Waals surface area contributed by atoms with Crippen molar-refractivity contribution in [2.45, 2.75) is 12.5 Å². The molecule has 0 aromatic heterocycles. The molecular formula is C11H9NO6. The Morgan fingerprint density at radius 1 is 1.39 bits per heavy atom. The third-order valence-electron chi connectivity index (χ3n) is 2.50.